The van der Waals surface area contributed by atoms with Gasteiger partial charge in [0.1, 0.15) is 11.4 Å². The number of hydrogen-bond acceptors (Lipinski definition) is 6. The second kappa shape index (κ2) is 5.16. The van der Waals surface area contributed by atoms with Gasteiger partial charge in [-0.05, 0) is 31.0 Å². The van der Waals surface area contributed by atoms with Crippen LogP contribution >= 0.6 is 0 Å². The average molecular weight is 293 g/mol. The van der Waals surface area contributed by atoms with Crippen molar-refractivity contribution < 1.29 is 13.2 Å². The Morgan fingerprint density at radius 2 is 1.85 bits per heavy atom. The highest BCUT2D eigenvalue weighted by atomic mass is 32.2. The number of ether oxygens (including phenoxy) is 1. The van der Waals surface area contributed by atoms with E-state index in [1.807, 2.05) is 26.0 Å². The second-order valence-electron chi connectivity index (χ2n) is 4.56. The maximum atomic E-state index is 11.3. The standard InChI is InChI=1S/C13H15N3O3S/c1-8-5-9(2)12(11(6-8)19-3)10-7-14-13(16-15-10)20(4,17)18/h5-7H,1-4H3. The predicted molar refractivity (Wildman–Crippen MR) is 74.4 cm³/mol. The number of benzene rings is 1. The lowest BCUT2D eigenvalue weighted by atomic mass is 10.0. The molecule has 7 heteroatoms. The van der Waals surface area contributed by atoms with E-state index in [2.05, 4.69) is 15.2 Å². The minimum atomic E-state index is -3.45. The van der Waals surface area contributed by atoms with Crippen LogP contribution in [-0.2, 0) is 9.84 Å². The first-order valence-corrected chi connectivity index (χ1v) is 7.77. The topological polar surface area (TPSA) is 82.0 Å². The molecule has 1 heterocycles. The van der Waals surface area contributed by atoms with Crippen LogP contribution in [0.15, 0.2) is 23.5 Å². The van der Waals surface area contributed by atoms with E-state index in [9.17, 15) is 8.42 Å². The lowest BCUT2D eigenvalue weighted by Gasteiger charge is -2.11. The molecule has 0 unspecified atom stereocenters. The molecule has 0 radical (unpaired) electrons. The summed E-state index contributed by atoms with van der Waals surface area (Å²) in [4.78, 5) is 3.85. The predicted octanol–water partition coefficient (Wildman–Crippen LogP) is 1.57. The Morgan fingerprint density at radius 3 is 2.35 bits per heavy atom. The minimum absolute atomic E-state index is 0.287. The van der Waals surface area contributed by atoms with Crippen molar-refractivity contribution in [1.29, 1.82) is 0 Å². The van der Waals surface area contributed by atoms with Crippen molar-refractivity contribution in [3.05, 3.63) is 29.5 Å². The molecule has 0 fully saturated rings. The molecule has 0 aliphatic heterocycles. The zero-order chi connectivity index (χ0) is 14.9. The monoisotopic (exact) mass is 293 g/mol. The van der Waals surface area contributed by atoms with Gasteiger partial charge in [-0.2, -0.15) is 0 Å². The van der Waals surface area contributed by atoms with Crippen LogP contribution in [0.4, 0.5) is 0 Å². The first-order valence-electron chi connectivity index (χ1n) is 5.88. The molecule has 0 amide bonds. The van der Waals surface area contributed by atoms with Crippen molar-refractivity contribution in [2.75, 3.05) is 13.4 Å². The van der Waals surface area contributed by atoms with Crippen LogP contribution in [0.25, 0.3) is 11.3 Å². The average Bonchev–Trinajstić information content (AvgIpc) is 2.37. The third-order valence-electron chi connectivity index (χ3n) is 2.79. The number of methoxy groups -OCH3 is 1. The molecule has 20 heavy (non-hydrogen) atoms. The molecule has 106 valence electrons. The fourth-order valence-electron chi connectivity index (χ4n) is 1.97. The van der Waals surface area contributed by atoms with Gasteiger partial charge in [-0.3, -0.25) is 0 Å². The maximum Gasteiger partial charge on any atom is 0.267 e. The molecule has 0 saturated carbocycles. The van der Waals surface area contributed by atoms with E-state index >= 15 is 0 Å². The maximum absolute atomic E-state index is 11.3. The van der Waals surface area contributed by atoms with Crippen molar-refractivity contribution in [2.24, 2.45) is 0 Å². The van der Waals surface area contributed by atoms with Crippen molar-refractivity contribution in [3.63, 3.8) is 0 Å². The number of aryl methyl sites for hydroxylation is 2. The van der Waals surface area contributed by atoms with Crippen LogP contribution in [0.2, 0.25) is 0 Å². The van der Waals surface area contributed by atoms with E-state index in [0.29, 0.717) is 11.4 Å². The molecule has 0 spiro atoms. The first-order chi connectivity index (χ1) is 9.32. The molecule has 0 aliphatic rings. The highest BCUT2D eigenvalue weighted by Gasteiger charge is 2.15. The van der Waals surface area contributed by atoms with E-state index < -0.39 is 9.84 Å². The van der Waals surface area contributed by atoms with Crippen LogP contribution < -0.4 is 4.74 Å². The normalized spacial score (nSPS) is 11.4. The smallest absolute Gasteiger partial charge is 0.267 e. The Hall–Kier alpha value is -2.02. The number of hydrogen-bond donors (Lipinski definition) is 0. The highest BCUT2D eigenvalue weighted by Crippen LogP contribution is 2.32. The third kappa shape index (κ3) is 2.77. The largest absolute Gasteiger partial charge is 0.496 e. The van der Waals surface area contributed by atoms with Crippen molar-refractivity contribution in [1.82, 2.24) is 15.2 Å². The summed E-state index contributed by atoms with van der Waals surface area (Å²) in [6.07, 6.45) is 2.44. The molecule has 6 nitrogen and oxygen atoms in total. The molecule has 0 atom stereocenters. The zero-order valence-corrected chi connectivity index (χ0v) is 12.5. The summed E-state index contributed by atoms with van der Waals surface area (Å²) < 4.78 is 28.0. The molecule has 0 aliphatic carbocycles. The van der Waals surface area contributed by atoms with Gasteiger partial charge in [-0.25, -0.2) is 13.4 Å². The van der Waals surface area contributed by atoms with Crippen LogP contribution in [0, 0.1) is 13.8 Å². The molecule has 0 N–H and O–H groups in total. The lowest BCUT2D eigenvalue weighted by Crippen LogP contribution is -2.06. The van der Waals surface area contributed by atoms with Crippen molar-refractivity contribution >= 4 is 9.84 Å². The Kier molecular flexibility index (Phi) is 3.71. The summed E-state index contributed by atoms with van der Waals surface area (Å²) in [5.74, 6) is 0.658. The SMILES string of the molecule is COc1cc(C)cc(C)c1-c1cnc(S(C)(=O)=O)nn1. The van der Waals surface area contributed by atoms with Gasteiger partial charge >= 0.3 is 0 Å². The summed E-state index contributed by atoms with van der Waals surface area (Å²) >= 11 is 0. The summed E-state index contributed by atoms with van der Waals surface area (Å²) in [7, 11) is -1.88. The minimum Gasteiger partial charge on any atom is -0.496 e. The van der Waals surface area contributed by atoms with Crippen molar-refractivity contribution in [2.45, 2.75) is 19.0 Å². The van der Waals surface area contributed by atoms with Gasteiger partial charge in [0.15, 0.2) is 0 Å². The van der Waals surface area contributed by atoms with Gasteiger partial charge in [0.25, 0.3) is 5.16 Å². The van der Waals surface area contributed by atoms with Crippen LogP contribution in [0.5, 0.6) is 5.75 Å². The number of aromatic nitrogens is 3. The summed E-state index contributed by atoms with van der Waals surface area (Å²) in [6.45, 7) is 3.90. The number of nitrogens with zero attached hydrogens (tertiary/aromatic N) is 3. The molecule has 0 saturated heterocycles. The van der Waals surface area contributed by atoms with Gasteiger partial charge in [-0.1, -0.05) is 6.07 Å². The van der Waals surface area contributed by atoms with Crippen LogP contribution in [0.1, 0.15) is 11.1 Å². The summed E-state index contributed by atoms with van der Waals surface area (Å²) in [6, 6.07) is 3.87. The summed E-state index contributed by atoms with van der Waals surface area (Å²) in [5.41, 5.74) is 3.27. The van der Waals surface area contributed by atoms with E-state index in [4.69, 9.17) is 4.74 Å². The Bertz CT molecular complexity index is 740. The summed E-state index contributed by atoms with van der Waals surface area (Å²) in [5, 5.41) is 7.32. The van der Waals surface area contributed by atoms with E-state index in [1.54, 1.807) is 7.11 Å². The Labute approximate surface area is 117 Å². The molecule has 1 aromatic carbocycles. The van der Waals surface area contributed by atoms with Gasteiger partial charge in [0.05, 0.1) is 13.3 Å². The third-order valence-corrected chi connectivity index (χ3v) is 3.64. The van der Waals surface area contributed by atoms with Crippen LogP contribution in [0.3, 0.4) is 0 Å². The van der Waals surface area contributed by atoms with Gasteiger partial charge in [-0.15, -0.1) is 10.2 Å². The Morgan fingerprint density at radius 1 is 1.15 bits per heavy atom. The second-order valence-corrected chi connectivity index (χ2v) is 6.47. The zero-order valence-electron chi connectivity index (χ0n) is 11.7. The molecule has 2 rings (SSSR count). The molecule has 2 aromatic rings. The van der Waals surface area contributed by atoms with Gasteiger partial charge < -0.3 is 4.74 Å². The van der Waals surface area contributed by atoms with E-state index in [0.717, 1.165) is 22.9 Å². The molecule has 0 bridgehead atoms. The van der Waals surface area contributed by atoms with E-state index in [1.165, 1.54) is 6.20 Å². The fraction of sp³-hybridized carbons (Fsp3) is 0.308. The quantitative estimate of drug-likeness (QED) is 0.854. The lowest BCUT2D eigenvalue weighted by molar-refractivity contribution is 0.415. The van der Waals surface area contributed by atoms with Gasteiger partial charge in [0, 0.05) is 11.8 Å². The first kappa shape index (κ1) is 14.4. The molecular formula is C13H15N3O3S. The van der Waals surface area contributed by atoms with Gasteiger partial charge in [0.2, 0.25) is 9.84 Å². The van der Waals surface area contributed by atoms with E-state index in [-0.39, 0.29) is 5.16 Å². The highest BCUT2D eigenvalue weighted by molar-refractivity contribution is 7.90. The number of sulfone groups is 1. The Balaban J connectivity index is 2.58. The molecular weight excluding hydrogens is 278 g/mol. The van der Waals surface area contributed by atoms with Crippen LogP contribution in [-0.4, -0.2) is 37.0 Å². The fourth-order valence-corrected chi connectivity index (χ4v) is 2.40. The molecule has 1 aromatic heterocycles. The van der Waals surface area contributed by atoms with Crippen molar-refractivity contribution in [3.8, 4) is 17.0 Å². The number of rotatable bonds is 3.